The number of rotatable bonds is 4. The SMILES string of the molecule is O=C1Nc2ccccc2C1NCCn1ccnc1. The van der Waals surface area contributed by atoms with E-state index in [2.05, 4.69) is 15.6 Å². The zero-order chi connectivity index (χ0) is 12.4. The maximum absolute atomic E-state index is 11.8. The van der Waals surface area contributed by atoms with Gasteiger partial charge in [-0.05, 0) is 6.07 Å². The van der Waals surface area contributed by atoms with E-state index < -0.39 is 0 Å². The van der Waals surface area contributed by atoms with Crippen molar-refractivity contribution in [3.8, 4) is 0 Å². The van der Waals surface area contributed by atoms with Gasteiger partial charge in [0.25, 0.3) is 0 Å². The van der Waals surface area contributed by atoms with Gasteiger partial charge < -0.3 is 15.2 Å². The lowest BCUT2D eigenvalue weighted by Crippen LogP contribution is -2.30. The Hall–Kier alpha value is -2.14. The van der Waals surface area contributed by atoms with Gasteiger partial charge in [-0.25, -0.2) is 4.98 Å². The maximum atomic E-state index is 11.8. The molecule has 1 aliphatic rings. The van der Waals surface area contributed by atoms with Crippen LogP contribution in [-0.4, -0.2) is 22.0 Å². The monoisotopic (exact) mass is 242 g/mol. The number of hydrogen-bond donors (Lipinski definition) is 2. The first kappa shape index (κ1) is 11.0. The van der Waals surface area contributed by atoms with Crippen molar-refractivity contribution in [2.45, 2.75) is 12.6 Å². The molecule has 3 rings (SSSR count). The number of benzene rings is 1. The van der Waals surface area contributed by atoms with E-state index in [0.717, 1.165) is 24.3 Å². The first-order chi connectivity index (χ1) is 8.84. The number of carbonyl (C=O) groups excluding carboxylic acids is 1. The van der Waals surface area contributed by atoms with Crippen LogP contribution in [0, 0.1) is 0 Å². The Labute approximate surface area is 105 Å². The minimum Gasteiger partial charge on any atom is -0.336 e. The van der Waals surface area contributed by atoms with Crippen molar-refractivity contribution in [1.29, 1.82) is 0 Å². The summed E-state index contributed by atoms with van der Waals surface area (Å²) < 4.78 is 1.98. The molecule has 1 unspecified atom stereocenters. The predicted octanol–water partition coefficient (Wildman–Crippen LogP) is 1.17. The summed E-state index contributed by atoms with van der Waals surface area (Å²) in [6.45, 7) is 1.52. The van der Waals surface area contributed by atoms with Crippen molar-refractivity contribution < 1.29 is 4.79 Å². The molecule has 2 heterocycles. The van der Waals surface area contributed by atoms with Crippen molar-refractivity contribution in [2.24, 2.45) is 0 Å². The van der Waals surface area contributed by atoms with Gasteiger partial charge in [0.1, 0.15) is 6.04 Å². The topological polar surface area (TPSA) is 59.0 Å². The third-order valence-corrected chi connectivity index (χ3v) is 3.07. The van der Waals surface area contributed by atoms with Crippen LogP contribution in [0.1, 0.15) is 11.6 Å². The number of nitrogens with zero attached hydrogens (tertiary/aromatic N) is 2. The smallest absolute Gasteiger partial charge is 0.246 e. The lowest BCUT2D eigenvalue weighted by atomic mass is 10.1. The number of aromatic nitrogens is 2. The number of carbonyl (C=O) groups is 1. The Kier molecular flexibility index (Phi) is 2.82. The molecule has 0 bridgehead atoms. The third kappa shape index (κ3) is 2.00. The van der Waals surface area contributed by atoms with E-state index in [4.69, 9.17) is 0 Å². The van der Waals surface area contributed by atoms with Gasteiger partial charge >= 0.3 is 0 Å². The molecule has 92 valence electrons. The Morgan fingerprint density at radius 2 is 2.28 bits per heavy atom. The minimum atomic E-state index is -0.246. The van der Waals surface area contributed by atoms with E-state index in [-0.39, 0.29) is 11.9 Å². The van der Waals surface area contributed by atoms with Crippen molar-refractivity contribution in [1.82, 2.24) is 14.9 Å². The van der Waals surface area contributed by atoms with Crippen molar-refractivity contribution >= 4 is 11.6 Å². The van der Waals surface area contributed by atoms with Gasteiger partial charge in [-0.15, -0.1) is 0 Å². The molecule has 0 saturated carbocycles. The summed E-state index contributed by atoms with van der Waals surface area (Å²) >= 11 is 0. The van der Waals surface area contributed by atoms with Gasteiger partial charge in [0.15, 0.2) is 0 Å². The van der Waals surface area contributed by atoms with Gasteiger partial charge in [-0.1, -0.05) is 18.2 Å². The van der Waals surface area contributed by atoms with Crippen LogP contribution in [0.2, 0.25) is 0 Å². The second-order valence-electron chi connectivity index (χ2n) is 4.26. The average molecular weight is 242 g/mol. The molecular formula is C13H14N4O. The van der Waals surface area contributed by atoms with E-state index in [1.165, 1.54) is 0 Å². The minimum absolute atomic E-state index is 0.0156. The molecule has 0 aliphatic carbocycles. The van der Waals surface area contributed by atoms with Crippen LogP contribution in [0.5, 0.6) is 0 Å². The lowest BCUT2D eigenvalue weighted by Gasteiger charge is -2.11. The summed E-state index contributed by atoms with van der Waals surface area (Å²) in [5, 5.41) is 6.14. The number of nitrogens with one attached hydrogen (secondary N) is 2. The molecule has 0 saturated heterocycles. The summed E-state index contributed by atoms with van der Waals surface area (Å²) in [4.78, 5) is 15.8. The fourth-order valence-electron chi connectivity index (χ4n) is 2.17. The van der Waals surface area contributed by atoms with Crippen molar-refractivity contribution in [2.75, 3.05) is 11.9 Å². The van der Waals surface area contributed by atoms with Crippen LogP contribution in [0.15, 0.2) is 43.0 Å². The van der Waals surface area contributed by atoms with Gasteiger partial charge in [0.05, 0.1) is 6.33 Å². The van der Waals surface area contributed by atoms with Gasteiger partial charge in [-0.2, -0.15) is 0 Å². The molecule has 2 N–H and O–H groups in total. The molecule has 0 radical (unpaired) electrons. The fourth-order valence-corrected chi connectivity index (χ4v) is 2.17. The summed E-state index contributed by atoms with van der Waals surface area (Å²) in [6, 6.07) is 7.52. The van der Waals surface area contributed by atoms with Crippen molar-refractivity contribution in [3.05, 3.63) is 48.5 Å². The summed E-state index contributed by atoms with van der Waals surface area (Å²) in [5.74, 6) is 0.0156. The van der Waals surface area contributed by atoms with Crippen LogP contribution in [0.4, 0.5) is 5.69 Å². The number of hydrogen-bond acceptors (Lipinski definition) is 3. The molecular weight excluding hydrogens is 228 g/mol. The molecule has 1 aromatic heterocycles. The first-order valence-corrected chi connectivity index (χ1v) is 5.93. The van der Waals surface area contributed by atoms with E-state index in [1.54, 1.807) is 12.5 Å². The number of fused-ring (bicyclic) bond motifs is 1. The molecule has 5 heteroatoms. The highest BCUT2D eigenvalue weighted by molar-refractivity contribution is 6.02. The van der Waals surface area contributed by atoms with E-state index in [1.807, 2.05) is 35.0 Å². The standard InChI is InChI=1S/C13H14N4O/c18-13-12(10-3-1-2-4-11(10)16-13)15-6-8-17-7-5-14-9-17/h1-5,7,9,12,15H,6,8H2,(H,16,18). The van der Waals surface area contributed by atoms with E-state index in [0.29, 0.717) is 0 Å². The molecule has 1 aromatic carbocycles. The van der Waals surface area contributed by atoms with E-state index in [9.17, 15) is 4.79 Å². The molecule has 1 atom stereocenters. The number of amides is 1. The fraction of sp³-hybridized carbons (Fsp3) is 0.231. The Morgan fingerprint density at radius 1 is 1.39 bits per heavy atom. The molecule has 1 amide bonds. The summed E-state index contributed by atoms with van der Waals surface area (Å²) in [7, 11) is 0. The quantitative estimate of drug-likeness (QED) is 0.846. The highest BCUT2D eigenvalue weighted by atomic mass is 16.2. The third-order valence-electron chi connectivity index (χ3n) is 3.07. The van der Waals surface area contributed by atoms with E-state index >= 15 is 0 Å². The van der Waals surface area contributed by atoms with Crippen LogP contribution < -0.4 is 10.6 Å². The average Bonchev–Trinajstić information content (AvgIpc) is 2.98. The van der Waals surface area contributed by atoms with Gasteiger partial charge in [-0.3, -0.25) is 4.79 Å². The van der Waals surface area contributed by atoms with Crippen LogP contribution in [-0.2, 0) is 11.3 Å². The molecule has 2 aromatic rings. The predicted molar refractivity (Wildman–Crippen MR) is 68.0 cm³/mol. The second kappa shape index (κ2) is 4.62. The highest BCUT2D eigenvalue weighted by Gasteiger charge is 2.29. The molecule has 1 aliphatic heterocycles. The lowest BCUT2D eigenvalue weighted by molar-refractivity contribution is -0.117. The summed E-state index contributed by atoms with van der Waals surface area (Å²) in [5.41, 5.74) is 1.93. The molecule has 0 spiro atoms. The summed E-state index contributed by atoms with van der Waals surface area (Å²) in [6.07, 6.45) is 5.42. The van der Waals surface area contributed by atoms with Crippen LogP contribution >= 0.6 is 0 Å². The Morgan fingerprint density at radius 3 is 3.11 bits per heavy atom. The normalized spacial score (nSPS) is 17.6. The Bertz CT molecular complexity index is 550. The van der Waals surface area contributed by atoms with Crippen molar-refractivity contribution in [3.63, 3.8) is 0 Å². The number of anilines is 1. The van der Waals surface area contributed by atoms with Gasteiger partial charge in [0.2, 0.25) is 5.91 Å². The van der Waals surface area contributed by atoms with Crippen LogP contribution in [0.3, 0.4) is 0 Å². The highest BCUT2D eigenvalue weighted by Crippen LogP contribution is 2.29. The zero-order valence-corrected chi connectivity index (χ0v) is 9.84. The molecule has 0 fully saturated rings. The van der Waals surface area contributed by atoms with Gasteiger partial charge in [0, 0.05) is 36.7 Å². The first-order valence-electron chi connectivity index (χ1n) is 5.93. The number of imidazole rings is 1. The molecule has 5 nitrogen and oxygen atoms in total. The Balaban J connectivity index is 1.64. The van der Waals surface area contributed by atoms with Crippen LogP contribution in [0.25, 0.3) is 0 Å². The largest absolute Gasteiger partial charge is 0.336 e. The maximum Gasteiger partial charge on any atom is 0.246 e. The second-order valence-corrected chi connectivity index (χ2v) is 4.26. The number of para-hydroxylation sites is 1. The molecule has 18 heavy (non-hydrogen) atoms. The zero-order valence-electron chi connectivity index (χ0n) is 9.84.